The average molecular weight is 264 g/mol. The van der Waals surface area contributed by atoms with Gasteiger partial charge in [0, 0.05) is 19.3 Å². The zero-order chi connectivity index (χ0) is 14.3. The molecule has 1 N–H and O–H groups in total. The Balaban J connectivity index is 2.62. The van der Waals surface area contributed by atoms with Crippen molar-refractivity contribution in [3.05, 3.63) is 29.6 Å². The number of hydrogen-bond acceptors (Lipinski definition) is 3. The third-order valence-corrected chi connectivity index (χ3v) is 3.58. The third-order valence-electron chi connectivity index (χ3n) is 3.58. The number of carbonyl (C=O) groups is 1. The van der Waals surface area contributed by atoms with Crippen molar-refractivity contribution in [2.75, 3.05) is 13.1 Å². The molecule has 4 heteroatoms. The van der Waals surface area contributed by atoms with Crippen molar-refractivity contribution in [3.63, 3.8) is 0 Å². The van der Waals surface area contributed by atoms with Crippen molar-refractivity contribution < 1.29 is 9.90 Å². The highest BCUT2D eigenvalue weighted by Crippen LogP contribution is 2.12. The van der Waals surface area contributed by atoms with Gasteiger partial charge in [-0.05, 0) is 24.6 Å². The first-order valence-electron chi connectivity index (χ1n) is 7.01. The van der Waals surface area contributed by atoms with Gasteiger partial charge in [-0.1, -0.05) is 33.6 Å². The van der Waals surface area contributed by atoms with Crippen LogP contribution in [0.2, 0.25) is 0 Å². The molecule has 19 heavy (non-hydrogen) atoms. The van der Waals surface area contributed by atoms with Gasteiger partial charge in [0.2, 0.25) is 0 Å². The first-order valence-corrected chi connectivity index (χ1v) is 7.01. The van der Waals surface area contributed by atoms with Crippen LogP contribution in [0.3, 0.4) is 0 Å². The summed E-state index contributed by atoms with van der Waals surface area (Å²) in [4.78, 5) is 17.3. The highest BCUT2D eigenvalue weighted by Gasteiger charge is 2.11. The van der Waals surface area contributed by atoms with E-state index in [1.807, 2.05) is 0 Å². The largest absolute Gasteiger partial charge is 0.478 e. The first kappa shape index (κ1) is 15.6. The molecular weight excluding hydrogens is 240 g/mol. The van der Waals surface area contributed by atoms with Gasteiger partial charge in [-0.3, -0.25) is 9.88 Å². The first-order chi connectivity index (χ1) is 9.10. The number of hydrogen-bond donors (Lipinski definition) is 1. The SMILES string of the molecule is CCC(CC)CN(CC)Cc1ccc(C(=O)O)cn1. The number of pyridine rings is 1. The highest BCUT2D eigenvalue weighted by molar-refractivity contribution is 5.87. The number of carboxylic acid groups (broad SMARTS) is 1. The van der Waals surface area contributed by atoms with Gasteiger partial charge in [-0.2, -0.15) is 0 Å². The van der Waals surface area contributed by atoms with Crippen molar-refractivity contribution in [3.8, 4) is 0 Å². The lowest BCUT2D eigenvalue weighted by Crippen LogP contribution is -2.29. The molecule has 0 aliphatic heterocycles. The molecule has 0 saturated heterocycles. The maximum absolute atomic E-state index is 10.8. The molecule has 0 radical (unpaired) electrons. The van der Waals surface area contributed by atoms with Crippen LogP contribution in [-0.4, -0.2) is 34.0 Å². The predicted octanol–water partition coefficient (Wildman–Crippen LogP) is 3.04. The topological polar surface area (TPSA) is 53.4 Å². The van der Waals surface area contributed by atoms with Crippen LogP contribution < -0.4 is 0 Å². The van der Waals surface area contributed by atoms with E-state index in [9.17, 15) is 4.79 Å². The quantitative estimate of drug-likeness (QED) is 0.784. The second-order valence-corrected chi connectivity index (χ2v) is 4.85. The standard InChI is InChI=1S/C15H24N2O2/c1-4-12(5-2)10-17(6-3)11-14-8-7-13(9-16-14)15(18)19/h7-9,12H,4-6,10-11H2,1-3H3,(H,18,19). The molecule has 0 aliphatic rings. The number of aromatic nitrogens is 1. The van der Waals surface area contributed by atoms with Crippen LogP contribution in [0, 0.1) is 5.92 Å². The summed E-state index contributed by atoms with van der Waals surface area (Å²) in [5.41, 5.74) is 1.17. The molecule has 0 spiro atoms. The van der Waals surface area contributed by atoms with Crippen molar-refractivity contribution in [1.29, 1.82) is 0 Å². The summed E-state index contributed by atoms with van der Waals surface area (Å²) in [5.74, 6) is -0.207. The Hall–Kier alpha value is -1.42. The second kappa shape index (κ2) is 7.89. The molecule has 0 atom stereocenters. The van der Waals surface area contributed by atoms with Gasteiger partial charge in [-0.15, -0.1) is 0 Å². The van der Waals surface area contributed by atoms with Gasteiger partial charge in [0.25, 0.3) is 0 Å². The normalized spacial score (nSPS) is 11.2. The lowest BCUT2D eigenvalue weighted by Gasteiger charge is -2.24. The molecule has 0 fully saturated rings. The summed E-state index contributed by atoms with van der Waals surface area (Å²) < 4.78 is 0. The van der Waals surface area contributed by atoms with Gasteiger partial charge in [0.15, 0.2) is 0 Å². The van der Waals surface area contributed by atoms with Crippen LogP contribution >= 0.6 is 0 Å². The molecule has 0 aliphatic carbocycles. The van der Waals surface area contributed by atoms with E-state index in [1.54, 1.807) is 12.1 Å². The van der Waals surface area contributed by atoms with Crippen molar-refractivity contribution in [1.82, 2.24) is 9.88 Å². The summed E-state index contributed by atoms with van der Waals surface area (Å²) >= 11 is 0. The minimum absolute atomic E-state index is 0.242. The van der Waals surface area contributed by atoms with Gasteiger partial charge < -0.3 is 5.11 Å². The van der Waals surface area contributed by atoms with E-state index in [0.29, 0.717) is 0 Å². The predicted molar refractivity (Wildman–Crippen MR) is 76.2 cm³/mol. The fourth-order valence-electron chi connectivity index (χ4n) is 2.09. The third kappa shape index (κ3) is 4.99. The maximum atomic E-state index is 10.8. The molecule has 0 aromatic carbocycles. The van der Waals surface area contributed by atoms with E-state index in [2.05, 4.69) is 30.7 Å². The summed E-state index contributed by atoms with van der Waals surface area (Å²) in [7, 11) is 0. The maximum Gasteiger partial charge on any atom is 0.337 e. The zero-order valence-corrected chi connectivity index (χ0v) is 12.1. The molecule has 106 valence electrons. The van der Waals surface area contributed by atoms with Crippen LogP contribution in [0.15, 0.2) is 18.3 Å². The number of nitrogens with zero attached hydrogens (tertiary/aromatic N) is 2. The number of rotatable bonds is 8. The van der Waals surface area contributed by atoms with Gasteiger partial charge in [0.05, 0.1) is 11.3 Å². The van der Waals surface area contributed by atoms with Gasteiger partial charge in [-0.25, -0.2) is 4.79 Å². The molecule has 0 amide bonds. The zero-order valence-electron chi connectivity index (χ0n) is 12.1. The molecule has 0 saturated carbocycles. The number of carboxylic acids is 1. The highest BCUT2D eigenvalue weighted by atomic mass is 16.4. The molecule has 1 heterocycles. The Bertz CT molecular complexity index is 386. The van der Waals surface area contributed by atoms with E-state index < -0.39 is 5.97 Å². The smallest absolute Gasteiger partial charge is 0.337 e. The van der Waals surface area contributed by atoms with Crippen LogP contribution in [0.5, 0.6) is 0 Å². The minimum atomic E-state index is -0.927. The molecule has 1 aromatic rings. The molecule has 1 rings (SSSR count). The Morgan fingerprint density at radius 1 is 1.32 bits per heavy atom. The Kier molecular flexibility index (Phi) is 6.50. The molecule has 0 bridgehead atoms. The van der Waals surface area contributed by atoms with Crippen LogP contribution in [0.4, 0.5) is 0 Å². The van der Waals surface area contributed by atoms with Crippen LogP contribution in [0.1, 0.15) is 49.7 Å². The van der Waals surface area contributed by atoms with E-state index >= 15 is 0 Å². The lowest BCUT2D eigenvalue weighted by atomic mass is 10.0. The monoisotopic (exact) mass is 264 g/mol. The Labute approximate surface area is 115 Å². The average Bonchev–Trinajstić information content (AvgIpc) is 2.43. The number of aromatic carboxylic acids is 1. The second-order valence-electron chi connectivity index (χ2n) is 4.85. The van der Waals surface area contributed by atoms with Crippen molar-refractivity contribution >= 4 is 5.97 Å². The van der Waals surface area contributed by atoms with Crippen molar-refractivity contribution in [2.45, 2.75) is 40.2 Å². The molecule has 4 nitrogen and oxygen atoms in total. The minimum Gasteiger partial charge on any atom is -0.478 e. The van der Waals surface area contributed by atoms with Crippen LogP contribution in [0.25, 0.3) is 0 Å². The molecule has 1 aromatic heterocycles. The Morgan fingerprint density at radius 2 is 2.00 bits per heavy atom. The molecule has 0 unspecified atom stereocenters. The van der Waals surface area contributed by atoms with Crippen molar-refractivity contribution in [2.24, 2.45) is 5.92 Å². The Morgan fingerprint density at radius 3 is 2.42 bits per heavy atom. The lowest BCUT2D eigenvalue weighted by molar-refractivity contribution is 0.0696. The van der Waals surface area contributed by atoms with E-state index in [-0.39, 0.29) is 5.56 Å². The van der Waals surface area contributed by atoms with E-state index in [1.165, 1.54) is 19.0 Å². The molecular formula is C15H24N2O2. The van der Waals surface area contributed by atoms with Gasteiger partial charge >= 0.3 is 5.97 Å². The van der Waals surface area contributed by atoms with Crippen LogP contribution in [-0.2, 0) is 6.54 Å². The van der Waals surface area contributed by atoms with E-state index in [4.69, 9.17) is 5.11 Å². The summed E-state index contributed by atoms with van der Waals surface area (Å²) in [5, 5.41) is 8.84. The fraction of sp³-hybridized carbons (Fsp3) is 0.600. The summed E-state index contributed by atoms with van der Waals surface area (Å²) in [6.07, 6.45) is 3.82. The summed E-state index contributed by atoms with van der Waals surface area (Å²) in [6.45, 7) is 9.44. The van der Waals surface area contributed by atoms with Gasteiger partial charge in [0.1, 0.15) is 0 Å². The summed E-state index contributed by atoms with van der Waals surface area (Å²) in [6, 6.07) is 3.43. The fourth-order valence-corrected chi connectivity index (χ4v) is 2.09. The van der Waals surface area contributed by atoms with E-state index in [0.717, 1.165) is 31.2 Å².